The third-order valence-electron chi connectivity index (χ3n) is 3.40. The van der Waals surface area contributed by atoms with Gasteiger partial charge in [-0.15, -0.1) is 5.10 Å². The highest BCUT2D eigenvalue weighted by Gasteiger charge is 2.39. The SMILES string of the molecule is CCC(CC)(OC)C(NN)c1c(Br)nnn1C. The van der Waals surface area contributed by atoms with Gasteiger partial charge in [-0.25, -0.2) is 10.1 Å². The van der Waals surface area contributed by atoms with Gasteiger partial charge in [0.1, 0.15) is 0 Å². The Kier molecular flexibility index (Phi) is 5.05. The molecule has 0 saturated heterocycles. The van der Waals surface area contributed by atoms with Crippen LogP contribution in [0.15, 0.2) is 4.60 Å². The van der Waals surface area contributed by atoms with Gasteiger partial charge in [0, 0.05) is 14.2 Å². The molecule has 0 radical (unpaired) electrons. The Morgan fingerprint density at radius 3 is 2.41 bits per heavy atom. The van der Waals surface area contributed by atoms with Crippen LogP contribution in [0.3, 0.4) is 0 Å². The average Bonchev–Trinajstić information content (AvgIpc) is 2.67. The molecule has 17 heavy (non-hydrogen) atoms. The first-order chi connectivity index (χ1) is 8.06. The lowest BCUT2D eigenvalue weighted by Crippen LogP contribution is -2.48. The molecule has 3 N–H and O–H groups in total. The average molecular weight is 306 g/mol. The normalized spacial score (nSPS) is 14.0. The van der Waals surface area contributed by atoms with Crippen molar-refractivity contribution in [2.45, 2.75) is 38.3 Å². The summed E-state index contributed by atoms with van der Waals surface area (Å²) in [7, 11) is 3.54. The van der Waals surface area contributed by atoms with Crippen molar-refractivity contribution in [2.24, 2.45) is 12.9 Å². The Morgan fingerprint density at radius 1 is 1.53 bits per heavy atom. The third kappa shape index (κ3) is 2.52. The number of methoxy groups -OCH3 is 1. The summed E-state index contributed by atoms with van der Waals surface area (Å²) in [6, 6.07) is -0.170. The number of nitrogens with zero attached hydrogens (tertiary/aromatic N) is 3. The topological polar surface area (TPSA) is 78.0 Å². The fraction of sp³-hybridized carbons (Fsp3) is 0.800. The van der Waals surface area contributed by atoms with E-state index in [0.717, 1.165) is 18.5 Å². The second kappa shape index (κ2) is 5.90. The maximum absolute atomic E-state index is 5.69. The maximum Gasteiger partial charge on any atom is 0.153 e. The van der Waals surface area contributed by atoms with Gasteiger partial charge in [-0.3, -0.25) is 5.84 Å². The van der Waals surface area contributed by atoms with E-state index in [1.54, 1.807) is 11.8 Å². The molecule has 1 heterocycles. The summed E-state index contributed by atoms with van der Waals surface area (Å²) in [6.07, 6.45) is 1.68. The highest BCUT2D eigenvalue weighted by molar-refractivity contribution is 9.10. The maximum atomic E-state index is 5.69. The largest absolute Gasteiger partial charge is 0.376 e. The number of hydrogen-bond acceptors (Lipinski definition) is 5. The standard InChI is InChI=1S/C10H20BrN5O/c1-5-10(6-2,17-4)8(13-12)7-9(11)14-15-16(7)3/h8,13H,5-6,12H2,1-4H3. The van der Waals surface area contributed by atoms with E-state index in [9.17, 15) is 0 Å². The molecule has 1 atom stereocenters. The van der Waals surface area contributed by atoms with Crippen LogP contribution < -0.4 is 11.3 Å². The Hall–Kier alpha value is -0.500. The predicted octanol–water partition coefficient (Wildman–Crippen LogP) is 1.29. The van der Waals surface area contributed by atoms with Crippen molar-refractivity contribution in [1.29, 1.82) is 0 Å². The van der Waals surface area contributed by atoms with Crippen molar-refractivity contribution in [3.05, 3.63) is 10.3 Å². The van der Waals surface area contributed by atoms with Crippen molar-refractivity contribution >= 4 is 15.9 Å². The van der Waals surface area contributed by atoms with E-state index in [1.807, 2.05) is 7.05 Å². The number of aryl methyl sites for hydroxylation is 1. The summed E-state index contributed by atoms with van der Waals surface area (Å²) in [5, 5.41) is 7.95. The Morgan fingerprint density at radius 2 is 2.12 bits per heavy atom. The first kappa shape index (κ1) is 14.6. The minimum atomic E-state index is -0.368. The highest BCUT2D eigenvalue weighted by Crippen LogP contribution is 2.36. The van der Waals surface area contributed by atoms with Gasteiger partial charge in [-0.05, 0) is 28.8 Å². The molecule has 0 spiro atoms. The van der Waals surface area contributed by atoms with E-state index in [1.165, 1.54) is 0 Å². The number of nitrogens with two attached hydrogens (primary N) is 1. The van der Waals surface area contributed by atoms with Gasteiger partial charge in [-0.2, -0.15) is 0 Å². The van der Waals surface area contributed by atoms with Crippen LogP contribution in [0.25, 0.3) is 0 Å². The van der Waals surface area contributed by atoms with E-state index in [4.69, 9.17) is 10.6 Å². The summed E-state index contributed by atoms with van der Waals surface area (Å²) < 4.78 is 8.08. The number of nitrogens with one attached hydrogen (secondary N) is 1. The predicted molar refractivity (Wildman–Crippen MR) is 69.1 cm³/mol. The molecule has 0 aromatic carbocycles. The van der Waals surface area contributed by atoms with E-state index in [-0.39, 0.29) is 11.6 Å². The molecule has 0 aliphatic carbocycles. The van der Waals surface area contributed by atoms with Crippen LogP contribution in [-0.2, 0) is 11.8 Å². The minimum absolute atomic E-state index is 0.170. The Labute approximate surface area is 110 Å². The second-order valence-corrected chi connectivity index (χ2v) is 4.72. The molecule has 0 aliphatic rings. The number of ether oxygens (including phenoxy) is 1. The van der Waals surface area contributed by atoms with Crippen molar-refractivity contribution in [1.82, 2.24) is 20.4 Å². The Balaban J connectivity index is 3.22. The third-order valence-corrected chi connectivity index (χ3v) is 3.96. The second-order valence-electron chi connectivity index (χ2n) is 3.96. The van der Waals surface area contributed by atoms with Crippen LogP contribution in [0.4, 0.5) is 0 Å². The molecule has 0 bridgehead atoms. The van der Waals surface area contributed by atoms with Crippen molar-refractivity contribution < 1.29 is 4.74 Å². The summed E-state index contributed by atoms with van der Waals surface area (Å²) in [5.41, 5.74) is 3.34. The lowest BCUT2D eigenvalue weighted by atomic mass is 9.86. The smallest absolute Gasteiger partial charge is 0.153 e. The molecule has 1 rings (SSSR count). The number of hydrazine groups is 1. The number of halogens is 1. The fourth-order valence-corrected chi connectivity index (χ4v) is 2.75. The molecule has 98 valence electrons. The van der Waals surface area contributed by atoms with Crippen LogP contribution in [0, 0.1) is 0 Å². The van der Waals surface area contributed by atoms with Gasteiger partial charge < -0.3 is 4.74 Å². The number of aromatic nitrogens is 3. The number of hydrogen-bond donors (Lipinski definition) is 2. The summed E-state index contributed by atoms with van der Waals surface area (Å²) >= 11 is 3.39. The number of rotatable bonds is 6. The summed E-state index contributed by atoms with van der Waals surface area (Å²) in [6.45, 7) is 4.16. The molecule has 0 saturated carbocycles. The molecular weight excluding hydrogens is 286 g/mol. The van der Waals surface area contributed by atoms with E-state index >= 15 is 0 Å². The summed E-state index contributed by atoms with van der Waals surface area (Å²) in [4.78, 5) is 0. The molecular formula is C10H20BrN5O. The highest BCUT2D eigenvalue weighted by atomic mass is 79.9. The molecule has 1 unspecified atom stereocenters. The molecule has 1 aromatic heterocycles. The molecule has 0 fully saturated rings. The quantitative estimate of drug-likeness (QED) is 0.611. The van der Waals surface area contributed by atoms with Crippen LogP contribution >= 0.6 is 15.9 Å². The van der Waals surface area contributed by atoms with Crippen LogP contribution in [0.5, 0.6) is 0 Å². The zero-order valence-corrected chi connectivity index (χ0v) is 12.3. The minimum Gasteiger partial charge on any atom is -0.376 e. The van der Waals surface area contributed by atoms with Crippen LogP contribution in [0.2, 0.25) is 0 Å². The van der Waals surface area contributed by atoms with Gasteiger partial charge in [0.2, 0.25) is 0 Å². The first-order valence-electron chi connectivity index (χ1n) is 5.62. The van der Waals surface area contributed by atoms with E-state index in [0.29, 0.717) is 4.60 Å². The van der Waals surface area contributed by atoms with Gasteiger partial charge in [0.15, 0.2) is 4.60 Å². The van der Waals surface area contributed by atoms with Gasteiger partial charge in [0.05, 0.1) is 17.3 Å². The van der Waals surface area contributed by atoms with Gasteiger partial charge in [-0.1, -0.05) is 19.1 Å². The molecule has 0 aliphatic heterocycles. The lowest BCUT2D eigenvalue weighted by molar-refractivity contribution is -0.0507. The first-order valence-corrected chi connectivity index (χ1v) is 6.41. The van der Waals surface area contributed by atoms with Crippen LogP contribution in [0.1, 0.15) is 38.4 Å². The molecule has 0 amide bonds. The van der Waals surface area contributed by atoms with Gasteiger partial charge >= 0.3 is 0 Å². The molecule has 7 heteroatoms. The summed E-state index contributed by atoms with van der Waals surface area (Å²) in [5.74, 6) is 5.69. The van der Waals surface area contributed by atoms with E-state index in [2.05, 4.69) is 45.5 Å². The zero-order chi connectivity index (χ0) is 13.1. The lowest BCUT2D eigenvalue weighted by Gasteiger charge is -2.37. The van der Waals surface area contributed by atoms with Crippen LogP contribution in [-0.4, -0.2) is 27.7 Å². The van der Waals surface area contributed by atoms with Gasteiger partial charge in [0.25, 0.3) is 0 Å². The Bertz CT molecular complexity index is 336. The monoisotopic (exact) mass is 305 g/mol. The van der Waals surface area contributed by atoms with Crippen molar-refractivity contribution in [3.63, 3.8) is 0 Å². The molecule has 6 nitrogen and oxygen atoms in total. The molecule has 1 aromatic rings. The van der Waals surface area contributed by atoms with Crippen molar-refractivity contribution in [3.8, 4) is 0 Å². The van der Waals surface area contributed by atoms with Crippen molar-refractivity contribution in [2.75, 3.05) is 7.11 Å². The van der Waals surface area contributed by atoms with E-state index < -0.39 is 0 Å². The zero-order valence-electron chi connectivity index (χ0n) is 10.7. The fourth-order valence-electron chi connectivity index (χ4n) is 2.19.